The number of hydrogen-bond acceptors (Lipinski definition) is 4. The fourth-order valence-corrected chi connectivity index (χ4v) is 7.90. The van der Waals surface area contributed by atoms with E-state index >= 15 is 0 Å². The summed E-state index contributed by atoms with van der Waals surface area (Å²) in [7, 11) is 0.296. The van der Waals surface area contributed by atoms with Crippen molar-refractivity contribution in [2.45, 2.75) is 75.4 Å². The summed E-state index contributed by atoms with van der Waals surface area (Å²) >= 11 is 2.39. The van der Waals surface area contributed by atoms with Crippen LogP contribution in [0, 0.1) is 9.49 Å². The molecule has 0 unspecified atom stereocenters. The zero-order valence-electron chi connectivity index (χ0n) is 18.3. The largest absolute Gasteiger partial charge is 0.504 e. The van der Waals surface area contributed by atoms with Gasteiger partial charge in [-0.3, -0.25) is 0 Å². The number of ether oxygens (including phenoxy) is 1. The van der Waals surface area contributed by atoms with Crippen LogP contribution in [-0.4, -0.2) is 50.2 Å². The number of likely N-dealkylation sites (tertiary alicyclic amines) is 1. The minimum absolute atomic E-state index is 0.0547. The summed E-state index contributed by atoms with van der Waals surface area (Å²) in [5.41, 5.74) is 2.59. The quantitative estimate of drug-likeness (QED) is 0.341. The van der Waals surface area contributed by atoms with Crippen molar-refractivity contribution in [3.05, 3.63) is 32.9 Å². The third-order valence-corrected chi connectivity index (χ3v) is 13.9. The average molecular weight is 526 g/mol. The van der Waals surface area contributed by atoms with E-state index in [1.54, 1.807) is 0 Å². The molecule has 2 aliphatic carbocycles. The van der Waals surface area contributed by atoms with E-state index in [1.807, 2.05) is 6.07 Å². The van der Waals surface area contributed by atoms with Crippen LogP contribution in [-0.2, 0) is 16.3 Å². The molecule has 1 spiro atoms. The Morgan fingerprint density at radius 3 is 2.72 bits per heavy atom. The molecule has 1 fully saturated rings. The molecular weight excluding hydrogens is 493 g/mol. The average Bonchev–Trinajstić information content (AvgIpc) is 2.96. The Balaban J connectivity index is 1.67. The Bertz CT molecular complexity index is 908. The van der Waals surface area contributed by atoms with Crippen LogP contribution in [0.2, 0.25) is 18.1 Å². The van der Waals surface area contributed by atoms with Gasteiger partial charge < -0.3 is 19.2 Å². The molecule has 2 bridgehead atoms. The van der Waals surface area contributed by atoms with Crippen molar-refractivity contribution >= 4 is 30.9 Å². The third kappa shape index (κ3) is 2.61. The second-order valence-corrected chi connectivity index (χ2v) is 16.8. The molecule has 1 aromatic rings. The van der Waals surface area contributed by atoms with Gasteiger partial charge in [-0.25, -0.2) is 0 Å². The minimum Gasteiger partial charge on any atom is -0.504 e. The maximum Gasteiger partial charge on any atom is 0.193 e. The number of aromatic hydroxyl groups is 1. The lowest BCUT2D eigenvalue weighted by Gasteiger charge is -2.57. The third-order valence-electron chi connectivity index (χ3n) is 8.44. The predicted molar refractivity (Wildman–Crippen MR) is 126 cm³/mol. The highest BCUT2D eigenvalue weighted by molar-refractivity contribution is 14.1. The maximum atomic E-state index is 10.8. The molecule has 0 radical (unpaired) electrons. The molecule has 0 amide bonds. The van der Waals surface area contributed by atoms with Crippen molar-refractivity contribution in [1.82, 2.24) is 4.90 Å². The Morgan fingerprint density at radius 1 is 1.31 bits per heavy atom. The molecule has 4 nitrogen and oxygen atoms in total. The van der Waals surface area contributed by atoms with Crippen LogP contribution in [0.3, 0.4) is 0 Å². The van der Waals surface area contributed by atoms with E-state index in [0.717, 1.165) is 28.7 Å². The van der Waals surface area contributed by atoms with Gasteiger partial charge in [-0.05, 0) is 78.8 Å². The van der Waals surface area contributed by atoms with Crippen LogP contribution in [0.25, 0.3) is 0 Å². The summed E-state index contributed by atoms with van der Waals surface area (Å²) in [6, 6.07) is 2.37. The molecule has 1 N–H and O–H groups in total. The van der Waals surface area contributed by atoms with Gasteiger partial charge in [0.15, 0.2) is 19.8 Å². The number of phenols is 1. The summed E-state index contributed by atoms with van der Waals surface area (Å²) < 4.78 is 14.7. The van der Waals surface area contributed by atoms with E-state index in [-0.39, 0.29) is 22.7 Å². The molecule has 158 valence electrons. The van der Waals surface area contributed by atoms with Gasteiger partial charge in [0.1, 0.15) is 12.2 Å². The number of phenolic OH excluding ortho intramolecular Hbond substituents is 1. The van der Waals surface area contributed by atoms with Crippen LogP contribution in [0.4, 0.5) is 0 Å². The van der Waals surface area contributed by atoms with Gasteiger partial charge in [-0.15, -0.1) is 0 Å². The first-order chi connectivity index (χ1) is 13.5. The summed E-state index contributed by atoms with van der Waals surface area (Å²) in [4.78, 5) is 2.52. The minimum atomic E-state index is -1.96. The first-order valence-corrected chi connectivity index (χ1v) is 14.7. The Hall–Kier alpha value is -0.573. The van der Waals surface area contributed by atoms with Crippen molar-refractivity contribution in [3.63, 3.8) is 0 Å². The van der Waals surface area contributed by atoms with Crippen LogP contribution in [0.5, 0.6) is 11.5 Å². The van der Waals surface area contributed by atoms with Gasteiger partial charge in [0.2, 0.25) is 0 Å². The number of hydrogen-bond donors (Lipinski definition) is 1. The van der Waals surface area contributed by atoms with Crippen molar-refractivity contribution in [2.24, 2.45) is 5.92 Å². The van der Waals surface area contributed by atoms with E-state index in [2.05, 4.69) is 80.6 Å². The molecule has 5 atom stereocenters. The Labute approximate surface area is 188 Å². The normalized spacial score (nSPS) is 35.4. The number of rotatable bonds is 2. The number of piperidine rings is 1. The standard InChI is InChI=1S/C23H32INO3Si/c1-22(2,3)29(5,6)28-18-8-7-14-16-11-13-15(24)12-17(26)20-19(13)23(14,21(18)27-20)9-10-25(16)4/h7-8,12,14,16,18,21,26H,9-11H2,1-6H3/t14-,16+,18-,21-,23-/m0/s1. The molecular formula is C23H32INO3Si. The molecule has 2 aliphatic heterocycles. The van der Waals surface area contributed by atoms with Crippen LogP contribution in [0.15, 0.2) is 18.2 Å². The second kappa shape index (κ2) is 6.23. The molecule has 0 aromatic heterocycles. The monoisotopic (exact) mass is 525 g/mol. The fourth-order valence-electron chi connectivity index (χ4n) is 5.88. The molecule has 1 saturated heterocycles. The Kier molecular flexibility index (Phi) is 4.37. The van der Waals surface area contributed by atoms with E-state index in [0.29, 0.717) is 17.7 Å². The zero-order chi connectivity index (χ0) is 20.9. The lowest BCUT2D eigenvalue weighted by Crippen LogP contribution is -2.66. The summed E-state index contributed by atoms with van der Waals surface area (Å²) in [6.07, 6.45) is 6.66. The van der Waals surface area contributed by atoms with E-state index in [4.69, 9.17) is 9.16 Å². The first-order valence-electron chi connectivity index (χ1n) is 10.8. The molecule has 5 rings (SSSR count). The zero-order valence-corrected chi connectivity index (χ0v) is 21.4. The summed E-state index contributed by atoms with van der Waals surface area (Å²) in [5, 5.41) is 10.9. The molecule has 2 heterocycles. The predicted octanol–water partition coefficient (Wildman–Crippen LogP) is 4.83. The number of halogens is 1. The highest BCUT2D eigenvalue weighted by Crippen LogP contribution is 2.63. The van der Waals surface area contributed by atoms with Gasteiger partial charge in [0.25, 0.3) is 0 Å². The summed E-state index contributed by atoms with van der Waals surface area (Å²) in [5.74, 6) is 1.43. The SMILES string of the molecule is CN1CC[C@]23c4c5c(I)cc(O)c4O[C@H]2[C@@H](O[Si](C)(C)C(C)(C)C)C=C[C@H]3[C@H]1C5. The van der Waals surface area contributed by atoms with Crippen molar-refractivity contribution in [1.29, 1.82) is 0 Å². The Morgan fingerprint density at radius 2 is 2.03 bits per heavy atom. The van der Waals surface area contributed by atoms with Crippen molar-refractivity contribution in [3.8, 4) is 11.5 Å². The smallest absolute Gasteiger partial charge is 0.193 e. The van der Waals surface area contributed by atoms with Gasteiger partial charge in [-0.1, -0.05) is 32.9 Å². The molecule has 6 heteroatoms. The highest BCUT2D eigenvalue weighted by atomic mass is 127. The topological polar surface area (TPSA) is 41.9 Å². The molecule has 4 aliphatic rings. The lowest BCUT2D eigenvalue weighted by molar-refractivity contribution is -0.0416. The lowest BCUT2D eigenvalue weighted by atomic mass is 9.53. The fraction of sp³-hybridized carbons (Fsp3) is 0.652. The number of likely N-dealkylation sites (N-methyl/N-ethyl adjacent to an activating group) is 1. The van der Waals surface area contributed by atoms with E-state index < -0.39 is 8.32 Å². The van der Waals surface area contributed by atoms with Crippen molar-refractivity contribution in [2.75, 3.05) is 13.6 Å². The van der Waals surface area contributed by atoms with Crippen LogP contribution in [0.1, 0.15) is 38.3 Å². The molecule has 0 saturated carbocycles. The van der Waals surface area contributed by atoms with Gasteiger partial charge in [0, 0.05) is 26.5 Å². The molecule has 29 heavy (non-hydrogen) atoms. The van der Waals surface area contributed by atoms with Gasteiger partial charge in [-0.2, -0.15) is 0 Å². The summed E-state index contributed by atoms with van der Waals surface area (Å²) in [6.45, 7) is 12.6. The number of benzene rings is 1. The van der Waals surface area contributed by atoms with Crippen LogP contribution >= 0.6 is 22.6 Å². The first kappa shape index (κ1) is 20.3. The maximum absolute atomic E-state index is 10.8. The number of nitrogens with zero attached hydrogens (tertiary/aromatic N) is 1. The van der Waals surface area contributed by atoms with Crippen LogP contribution < -0.4 is 4.74 Å². The van der Waals surface area contributed by atoms with Gasteiger partial charge >= 0.3 is 0 Å². The molecule has 1 aromatic carbocycles. The van der Waals surface area contributed by atoms with Gasteiger partial charge in [0.05, 0.1) is 0 Å². The highest BCUT2D eigenvalue weighted by Gasteiger charge is 2.65. The van der Waals surface area contributed by atoms with Crippen molar-refractivity contribution < 1.29 is 14.3 Å². The second-order valence-electron chi connectivity index (χ2n) is 10.9. The van der Waals surface area contributed by atoms with E-state index in [1.165, 1.54) is 11.1 Å². The van der Waals surface area contributed by atoms with E-state index in [9.17, 15) is 5.11 Å².